The summed E-state index contributed by atoms with van der Waals surface area (Å²) in [6, 6.07) is 1.48. The molecule has 0 bridgehead atoms. The van der Waals surface area contributed by atoms with Crippen molar-refractivity contribution in [2.45, 2.75) is 58.0 Å². The zero-order valence-corrected chi connectivity index (χ0v) is 10.9. The van der Waals surface area contributed by atoms with Gasteiger partial charge in [-0.3, -0.25) is 0 Å². The Morgan fingerprint density at radius 1 is 1.33 bits per heavy atom. The monoisotopic (exact) mass is 212 g/mol. The van der Waals surface area contributed by atoms with Gasteiger partial charge in [0.2, 0.25) is 0 Å². The molecule has 0 spiro atoms. The van der Waals surface area contributed by atoms with E-state index in [1.54, 1.807) is 0 Å². The molecule has 0 saturated heterocycles. The van der Waals surface area contributed by atoms with E-state index in [1.165, 1.54) is 32.1 Å². The van der Waals surface area contributed by atoms with E-state index in [2.05, 4.69) is 38.2 Å². The molecule has 3 atom stereocenters. The Bertz CT molecular complexity index is 168. The van der Waals surface area contributed by atoms with Gasteiger partial charge in [-0.2, -0.15) is 0 Å². The Hall–Kier alpha value is -0.0800. The van der Waals surface area contributed by atoms with Gasteiger partial charge in [-0.15, -0.1) is 0 Å². The van der Waals surface area contributed by atoms with Crippen LogP contribution in [0.3, 0.4) is 0 Å². The van der Waals surface area contributed by atoms with Gasteiger partial charge in [-0.1, -0.05) is 26.7 Å². The summed E-state index contributed by atoms with van der Waals surface area (Å²) >= 11 is 0. The van der Waals surface area contributed by atoms with Gasteiger partial charge >= 0.3 is 0 Å². The Morgan fingerprint density at radius 3 is 2.60 bits per heavy atom. The summed E-state index contributed by atoms with van der Waals surface area (Å²) in [5, 5.41) is 3.74. The Labute approximate surface area is 95.4 Å². The highest BCUT2D eigenvalue weighted by Crippen LogP contribution is 2.23. The Kier molecular flexibility index (Phi) is 5.62. The lowest BCUT2D eigenvalue weighted by atomic mass is 9.87. The molecule has 0 aromatic rings. The van der Waals surface area contributed by atoms with Crippen LogP contribution in [0.2, 0.25) is 0 Å². The third-order valence-electron chi connectivity index (χ3n) is 3.78. The molecule has 0 aliphatic heterocycles. The van der Waals surface area contributed by atoms with Crippen molar-refractivity contribution >= 4 is 0 Å². The molecule has 0 amide bonds. The largest absolute Gasteiger partial charge is 0.312 e. The van der Waals surface area contributed by atoms with Crippen LogP contribution in [-0.4, -0.2) is 37.6 Å². The molecule has 0 aromatic carbocycles. The van der Waals surface area contributed by atoms with Gasteiger partial charge < -0.3 is 10.2 Å². The first-order chi connectivity index (χ1) is 7.13. The van der Waals surface area contributed by atoms with Crippen LogP contribution in [0.25, 0.3) is 0 Å². The molecule has 0 aromatic heterocycles. The SMILES string of the molecule is CCC(CNC1CCCC(C)C1)N(C)C. The highest BCUT2D eigenvalue weighted by atomic mass is 15.1. The molecule has 1 fully saturated rings. The van der Waals surface area contributed by atoms with Gasteiger partial charge in [0.15, 0.2) is 0 Å². The summed E-state index contributed by atoms with van der Waals surface area (Å²) in [5.41, 5.74) is 0. The molecule has 0 radical (unpaired) electrons. The minimum atomic E-state index is 0.697. The average molecular weight is 212 g/mol. The summed E-state index contributed by atoms with van der Waals surface area (Å²) < 4.78 is 0. The summed E-state index contributed by atoms with van der Waals surface area (Å²) in [7, 11) is 4.36. The highest BCUT2D eigenvalue weighted by Gasteiger charge is 2.19. The molecule has 2 heteroatoms. The molecule has 1 rings (SSSR count). The number of rotatable bonds is 5. The predicted molar refractivity (Wildman–Crippen MR) is 67.2 cm³/mol. The van der Waals surface area contributed by atoms with E-state index < -0.39 is 0 Å². The van der Waals surface area contributed by atoms with Crippen molar-refractivity contribution in [3.05, 3.63) is 0 Å². The van der Waals surface area contributed by atoms with E-state index >= 15 is 0 Å². The highest BCUT2D eigenvalue weighted by molar-refractivity contribution is 4.78. The summed E-state index contributed by atoms with van der Waals surface area (Å²) in [6.45, 7) is 5.81. The lowest BCUT2D eigenvalue weighted by Gasteiger charge is -2.31. The van der Waals surface area contributed by atoms with Crippen molar-refractivity contribution < 1.29 is 0 Å². The first-order valence-corrected chi connectivity index (χ1v) is 6.53. The molecule has 1 N–H and O–H groups in total. The lowest BCUT2D eigenvalue weighted by molar-refractivity contribution is 0.241. The zero-order valence-electron chi connectivity index (χ0n) is 10.9. The quantitative estimate of drug-likeness (QED) is 0.753. The van der Waals surface area contributed by atoms with Crippen molar-refractivity contribution in [3.8, 4) is 0 Å². The second-order valence-electron chi connectivity index (χ2n) is 5.40. The summed E-state index contributed by atoms with van der Waals surface area (Å²) in [5.74, 6) is 0.927. The molecule has 3 unspecified atom stereocenters. The first kappa shape index (κ1) is 13.0. The fourth-order valence-corrected chi connectivity index (χ4v) is 2.61. The molecule has 15 heavy (non-hydrogen) atoms. The van der Waals surface area contributed by atoms with Gasteiger partial charge in [-0.05, 0) is 39.3 Å². The van der Waals surface area contributed by atoms with Crippen molar-refractivity contribution in [3.63, 3.8) is 0 Å². The normalized spacial score (nSPS) is 29.4. The van der Waals surface area contributed by atoms with Gasteiger partial charge in [0, 0.05) is 18.6 Å². The van der Waals surface area contributed by atoms with Crippen LogP contribution in [0.1, 0.15) is 46.0 Å². The standard InChI is InChI=1S/C13H28N2/c1-5-13(15(3)4)10-14-12-8-6-7-11(2)9-12/h11-14H,5-10H2,1-4H3. The average Bonchev–Trinajstić information content (AvgIpc) is 2.18. The van der Waals surface area contributed by atoms with Crippen molar-refractivity contribution in [2.24, 2.45) is 5.92 Å². The smallest absolute Gasteiger partial charge is 0.0212 e. The van der Waals surface area contributed by atoms with Crippen LogP contribution in [0.5, 0.6) is 0 Å². The molecule has 1 saturated carbocycles. The fraction of sp³-hybridized carbons (Fsp3) is 1.00. The van der Waals surface area contributed by atoms with E-state index in [-0.39, 0.29) is 0 Å². The minimum absolute atomic E-state index is 0.697. The van der Waals surface area contributed by atoms with Crippen LogP contribution in [0.15, 0.2) is 0 Å². The molecular weight excluding hydrogens is 184 g/mol. The van der Waals surface area contributed by atoms with E-state index in [0.29, 0.717) is 6.04 Å². The van der Waals surface area contributed by atoms with Crippen molar-refractivity contribution in [1.82, 2.24) is 10.2 Å². The predicted octanol–water partition coefficient (Wildman–Crippen LogP) is 2.49. The molecule has 2 nitrogen and oxygen atoms in total. The molecule has 1 aliphatic carbocycles. The van der Waals surface area contributed by atoms with Gasteiger partial charge in [-0.25, -0.2) is 0 Å². The number of nitrogens with zero attached hydrogens (tertiary/aromatic N) is 1. The topological polar surface area (TPSA) is 15.3 Å². The van der Waals surface area contributed by atoms with E-state index in [1.807, 2.05) is 0 Å². The zero-order chi connectivity index (χ0) is 11.3. The van der Waals surface area contributed by atoms with Gasteiger partial charge in [0.1, 0.15) is 0 Å². The molecule has 0 heterocycles. The van der Waals surface area contributed by atoms with Crippen LogP contribution in [0, 0.1) is 5.92 Å². The third kappa shape index (κ3) is 4.52. The van der Waals surface area contributed by atoms with Crippen LogP contribution < -0.4 is 5.32 Å². The number of likely N-dealkylation sites (N-methyl/N-ethyl adjacent to an activating group) is 1. The Morgan fingerprint density at radius 2 is 2.07 bits per heavy atom. The number of nitrogens with one attached hydrogen (secondary N) is 1. The van der Waals surface area contributed by atoms with E-state index in [4.69, 9.17) is 0 Å². The first-order valence-electron chi connectivity index (χ1n) is 6.53. The lowest BCUT2D eigenvalue weighted by Crippen LogP contribution is -2.43. The second-order valence-corrected chi connectivity index (χ2v) is 5.40. The molecule has 90 valence electrons. The van der Waals surface area contributed by atoms with Crippen molar-refractivity contribution in [1.29, 1.82) is 0 Å². The molecule has 1 aliphatic rings. The number of hydrogen-bond acceptors (Lipinski definition) is 2. The molecular formula is C13H28N2. The second kappa shape index (κ2) is 6.49. The van der Waals surface area contributed by atoms with Crippen LogP contribution in [0.4, 0.5) is 0 Å². The Balaban J connectivity index is 2.23. The fourth-order valence-electron chi connectivity index (χ4n) is 2.61. The summed E-state index contributed by atoms with van der Waals surface area (Å²) in [4.78, 5) is 2.33. The van der Waals surface area contributed by atoms with Crippen molar-refractivity contribution in [2.75, 3.05) is 20.6 Å². The maximum absolute atomic E-state index is 3.74. The number of hydrogen-bond donors (Lipinski definition) is 1. The van der Waals surface area contributed by atoms with Crippen LogP contribution in [-0.2, 0) is 0 Å². The maximum atomic E-state index is 3.74. The van der Waals surface area contributed by atoms with Crippen LogP contribution >= 0.6 is 0 Å². The van der Waals surface area contributed by atoms with Gasteiger partial charge in [0.25, 0.3) is 0 Å². The maximum Gasteiger partial charge on any atom is 0.0212 e. The van der Waals surface area contributed by atoms with Gasteiger partial charge in [0.05, 0.1) is 0 Å². The third-order valence-corrected chi connectivity index (χ3v) is 3.78. The minimum Gasteiger partial charge on any atom is -0.312 e. The van der Waals surface area contributed by atoms with E-state index in [0.717, 1.165) is 18.5 Å². The summed E-state index contributed by atoms with van der Waals surface area (Å²) in [6.07, 6.45) is 6.85. The van der Waals surface area contributed by atoms with E-state index in [9.17, 15) is 0 Å².